The summed E-state index contributed by atoms with van der Waals surface area (Å²) in [5.74, 6) is -0.0736. The minimum atomic E-state index is -0.615. The molecule has 0 saturated carbocycles. The van der Waals surface area contributed by atoms with E-state index in [0.29, 0.717) is 26.2 Å². The third kappa shape index (κ3) is 5.43. The van der Waals surface area contributed by atoms with E-state index in [1.54, 1.807) is 0 Å². The average Bonchev–Trinajstić information content (AvgIpc) is 2.59. The number of carbonyl (C=O) groups is 2. The molecule has 0 aliphatic carbocycles. The molecule has 25 heavy (non-hydrogen) atoms. The van der Waals surface area contributed by atoms with Gasteiger partial charge in [-0.25, -0.2) is 0 Å². The Morgan fingerprint density at radius 1 is 1.32 bits per heavy atom. The third-order valence-corrected chi connectivity index (χ3v) is 5.15. The predicted octanol–water partition coefficient (Wildman–Crippen LogP) is 2.46. The maximum atomic E-state index is 13.0. The van der Waals surface area contributed by atoms with Gasteiger partial charge in [-0.2, -0.15) is 0 Å². The van der Waals surface area contributed by atoms with Crippen molar-refractivity contribution in [2.75, 3.05) is 26.2 Å². The number of hydrogen-bond donors (Lipinski definition) is 2. The molecule has 1 aromatic rings. The summed E-state index contributed by atoms with van der Waals surface area (Å²) >= 11 is 3.42. The van der Waals surface area contributed by atoms with Gasteiger partial charge in [-0.05, 0) is 44.4 Å². The van der Waals surface area contributed by atoms with Gasteiger partial charge in [-0.15, -0.1) is 12.4 Å². The van der Waals surface area contributed by atoms with E-state index in [9.17, 15) is 9.59 Å². The quantitative estimate of drug-likeness (QED) is 0.750. The number of carbonyl (C=O) groups excluding carboxylic acids is 2. The highest BCUT2D eigenvalue weighted by Gasteiger charge is 2.37. The summed E-state index contributed by atoms with van der Waals surface area (Å²) in [6.07, 6.45) is 1.67. The van der Waals surface area contributed by atoms with Crippen LogP contribution in [0.15, 0.2) is 28.7 Å². The van der Waals surface area contributed by atoms with E-state index in [2.05, 4.69) is 21.2 Å². The van der Waals surface area contributed by atoms with Gasteiger partial charge in [-0.1, -0.05) is 28.1 Å². The lowest BCUT2D eigenvalue weighted by atomic mass is 9.82. The van der Waals surface area contributed by atoms with E-state index in [-0.39, 0.29) is 30.1 Å². The minimum absolute atomic E-state index is 0. The molecule has 0 radical (unpaired) electrons. The van der Waals surface area contributed by atoms with Crippen LogP contribution in [0.25, 0.3) is 0 Å². The molecule has 1 aliphatic rings. The molecule has 1 aliphatic heterocycles. The van der Waals surface area contributed by atoms with Crippen molar-refractivity contribution in [3.05, 3.63) is 34.3 Å². The maximum Gasteiger partial charge on any atom is 0.232 e. The molecular formula is C18H27BrClN3O2. The van der Waals surface area contributed by atoms with Crippen LogP contribution in [0.5, 0.6) is 0 Å². The monoisotopic (exact) mass is 431 g/mol. The number of halogens is 2. The van der Waals surface area contributed by atoms with Gasteiger partial charge in [0, 0.05) is 30.7 Å². The number of benzene rings is 1. The predicted molar refractivity (Wildman–Crippen MR) is 106 cm³/mol. The number of piperidine rings is 1. The smallest absolute Gasteiger partial charge is 0.232 e. The number of amides is 2. The summed E-state index contributed by atoms with van der Waals surface area (Å²) in [6.45, 7) is 5.98. The highest BCUT2D eigenvalue weighted by atomic mass is 79.9. The molecule has 1 fully saturated rings. The van der Waals surface area contributed by atoms with E-state index in [4.69, 9.17) is 5.73 Å². The van der Waals surface area contributed by atoms with E-state index < -0.39 is 5.41 Å². The number of nitrogens with two attached hydrogens (primary N) is 1. The van der Waals surface area contributed by atoms with Crippen LogP contribution in [0.3, 0.4) is 0 Å². The Morgan fingerprint density at radius 2 is 1.96 bits per heavy atom. The zero-order chi connectivity index (χ0) is 17.7. The second-order valence-corrected chi connectivity index (χ2v) is 7.72. The molecule has 1 unspecified atom stereocenters. The number of likely N-dealkylation sites (tertiary alicyclic amines) is 1. The highest BCUT2D eigenvalue weighted by Crippen LogP contribution is 2.29. The Balaban J connectivity index is 0.00000312. The average molecular weight is 433 g/mol. The largest absolute Gasteiger partial charge is 0.355 e. The summed E-state index contributed by atoms with van der Waals surface area (Å²) in [5.41, 5.74) is 5.79. The van der Waals surface area contributed by atoms with Gasteiger partial charge in [0.2, 0.25) is 11.8 Å². The van der Waals surface area contributed by atoms with Crippen molar-refractivity contribution in [2.24, 2.45) is 11.7 Å². The standard InChI is InChI=1S/C18H26BrN3O2.ClH/c1-18(2,14-5-7-15(19)8-6-14)17(24)22-11-3-4-13(12-22)16(23)21-10-9-20;/h5-8,13H,3-4,9-12,20H2,1-2H3,(H,21,23);1H. The maximum absolute atomic E-state index is 13.0. The van der Waals surface area contributed by atoms with E-state index in [0.717, 1.165) is 22.9 Å². The van der Waals surface area contributed by atoms with Gasteiger partial charge in [0.05, 0.1) is 11.3 Å². The molecule has 0 aromatic heterocycles. The Labute approximate surface area is 164 Å². The topological polar surface area (TPSA) is 75.4 Å². The molecule has 1 atom stereocenters. The Bertz CT molecular complexity index is 592. The zero-order valence-electron chi connectivity index (χ0n) is 14.8. The molecule has 7 heteroatoms. The van der Waals surface area contributed by atoms with Crippen LogP contribution in [0.4, 0.5) is 0 Å². The van der Waals surface area contributed by atoms with Crippen molar-refractivity contribution < 1.29 is 9.59 Å². The van der Waals surface area contributed by atoms with Crippen molar-refractivity contribution in [1.29, 1.82) is 0 Å². The van der Waals surface area contributed by atoms with Crippen LogP contribution in [0.1, 0.15) is 32.3 Å². The van der Waals surface area contributed by atoms with Gasteiger partial charge in [0.15, 0.2) is 0 Å². The normalized spacial score (nSPS) is 17.6. The number of nitrogens with zero attached hydrogens (tertiary/aromatic N) is 1. The Kier molecular flexibility index (Phi) is 8.38. The van der Waals surface area contributed by atoms with E-state index in [1.165, 1.54) is 0 Å². The molecule has 2 amide bonds. The van der Waals surface area contributed by atoms with Gasteiger partial charge in [0.1, 0.15) is 0 Å². The number of hydrogen-bond acceptors (Lipinski definition) is 3. The molecule has 5 nitrogen and oxygen atoms in total. The molecular weight excluding hydrogens is 406 g/mol. The molecule has 2 rings (SSSR count). The van der Waals surface area contributed by atoms with Crippen molar-refractivity contribution in [3.8, 4) is 0 Å². The van der Waals surface area contributed by atoms with Crippen LogP contribution in [-0.4, -0.2) is 42.9 Å². The Hall–Kier alpha value is -1.11. The second-order valence-electron chi connectivity index (χ2n) is 6.80. The van der Waals surface area contributed by atoms with Crippen LogP contribution >= 0.6 is 28.3 Å². The van der Waals surface area contributed by atoms with Crippen LogP contribution in [0.2, 0.25) is 0 Å². The van der Waals surface area contributed by atoms with Gasteiger partial charge < -0.3 is 16.0 Å². The first kappa shape index (κ1) is 21.9. The SMILES string of the molecule is CC(C)(C(=O)N1CCCC(C(=O)NCCN)C1)c1ccc(Br)cc1.Cl. The zero-order valence-corrected chi connectivity index (χ0v) is 17.2. The van der Waals surface area contributed by atoms with Crippen LogP contribution in [-0.2, 0) is 15.0 Å². The fourth-order valence-electron chi connectivity index (χ4n) is 3.10. The summed E-state index contributed by atoms with van der Waals surface area (Å²) in [5, 5.41) is 2.83. The van der Waals surface area contributed by atoms with Gasteiger partial charge in [-0.3, -0.25) is 9.59 Å². The molecule has 1 aromatic carbocycles. The van der Waals surface area contributed by atoms with Crippen molar-refractivity contribution in [1.82, 2.24) is 10.2 Å². The molecule has 0 spiro atoms. The summed E-state index contributed by atoms with van der Waals surface area (Å²) in [7, 11) is 0. The molecule has 1 saturated heterocycles. The first-order valence-corrected chi connectivity index (χ1v) is 9.18. The van der Waals surface area contributed by atoms with E-state index >= 15 is 0 Å². The summed E-state index contributed by atoms with van der Waals surface area (Å²) in [4.78, 5) is 27.1. The Morgan fingerprint density at radius 3 is 2.56 bits per heavy atom. The van der Waals surface area contributed by atoms with Gasteiger partial charge in [0.25, 0.3) is 0 Å². The lowest BCUT2D eigenvalue weighted by Gasteiger charge is -2.37. The van der Waals surface area contributed by atoms with Gasteiger partial charge >= 0.3 is 0 Å². The molecule has 140 valence electrons. The number of nitrogens with one attached hydrogen (secondary N) is 1. The number of rotatable bonds is 5. The fraction of sp³-hybridized carbons (Fsp3) is 0.556. The molecule has 1 heterocycles. The van der Waals surface area contributed by atoms with Crippen molar-refractivity contribution >= 4 is 40.2 Å². The molecule has 0 bridgehead atoms. The second kappa shape index (κ2) is 9.55. The first-order chi connectivity index (χ1) is 11.4. The van der Waals surface area contributed by atoms with Crippen molar-refractivity contribution in [3.63, 3.8) is 0 Å². The van der Waals surface area contributed by atoms with Crippen molar-refractivity contribution in [2.45, 2.75) is 32.1 Å². The summed E-state index contributed by atoms with van der Waals surface area (Å²) < 4.78 is 0.990. The summed E-state index contributed by atoms with van der Waals surface area (Å²) in [6, 6.07) is 7.84. The van der Waals surface area contributed by atoms with E-state index in [1.807, 2.05) is 43.0 Å². The first-order valence-electron chi connectivity index (χ1n) is 8.39. The minimum Gasteiger partial charge on any atom is -0.355 e. The fourth-order valence-corrected chi connectivity index (χ4v) is 3.36. The molecule has 3 N–H and O–H groups in total. The lowest BCUT2D eigenvalue weighted by Crippen LogP contribution is -2.50. The highest BCUT2D eigenvalue weighted by molar-refractivity contribution is 9.10. The van der Waals surface area contributed by atoms with Crippen LogP contribution in [0, 0.1) is 5.92 Å². The van der Waals surface area contributed by atoms with Crippen LogP contribution < -0.4 is 11.1 Å². The lowest BCUT2D eigenvalue weighted by molar-refractivity contribution is -0.140. The third-order valence-electron chi connectivity index (χ3n) is 4.62.